The predicted molar refractivity (Wildman–Crippen MR) is 121 cm³/mol. The lowest BCUT2D eigenvalue weighted by molar-refractivity contribution is 0.204. The van der Waals surface area contributed by atoms with E-state index in [1.807, 2.05) is 30.3 Å². The molecule has 1 N–H and O–H groups in total. The van der Waals surface area contributed by atoms with Gasteiger partial charge in [-0.1, -0.05) is 66.7 Å². The summed E-state index contributed by atoms with van der Waals surface area (Å²) in [7, 11) is -2.10. The molecule has 0 heterocycles. The van der Waals surface area contributed by atoms with Crippen LogP contribution in [0.5, 0.6) is 0 Å². The van der Waals surface area contributed by atoms with E-state index in [1.54, 1.807) is 19.2 Å². The van der Waals surface area contributed by atoms with Gasteiger partial charge in [-0.05, 0) is 58.4 Å². The topological polar surface area (TPSA) is 55.4 Å². The normalized spacial score (nSPS) is 13.3. The summed E-state index contributed by atoms with van der Waals surface area (Å²) in [5, 5.41) is 0. The summed E-state index contributed by atoms with van der Waals surface area (Å²) < 4.78 is 33.5. The minimum absolute atomic E-state index is 0.232. The fourth-order valence-corrected chi connectivity index (χ4v) is 5.13. The van der Waals surface area contributed by atoms with Crippen molar-refractivity contribution in [3.63, 3.8) is 0 Å². The minimum atomic E-state index is -3.65. The summed E-state index contributed by atoms with van der Waals surface area (Å²) in [6.45, 7) is 0.554. The maximum Gasteiger partial charge on any atom is 0.241 e. The summed E-state index contributed by atoms with van der Waals surface area (Å²) in [6.07, 6.45) is 3.93. The molecule has 0 amide bonds. The van der Waals surface area contributed by atoms with Crippen LogP contribution in [0.2, 0.25) is 0 Å². The molecule has 0 saturated heterocycles. The second-order valence-corrected chi connectivity index (χ2v) is 9.04. The van der Waals surface area contributed by atoms with Gasteiger partial charge >= 0.3 is 0 Å². The van der Waals surface area contributed by atoms with E-state index in [2.05, 4.69) is 41.1 Å². The maximum absolute atomic E-state index is 12.9. The molecule has 0 fully saturated rings. The Balaban J connectivity index is 1.87. The molecule has 0 aliphatic heterocycles. The van der Waals surface area contributed by atoms with Crippen LogP contribution < -0.4 is 4.72 Å². The molecule has 0 spiro atoms. The molecule has 30 heavy (non-hydrogen) atoms. The third-order valence-electron chi connectivity index (χ3n) is 5.39. The number of aryl methyl sites for hydroxylation is 2. The van der Waals surface area contributed by atoms with Crippen molar-refractivity contribution in [3.8, 4) is 0 Å². The molecule has 0 radical (unpaired) electrons. The second-order valence-electron chi connectivity index (χ2n) is 7.30. The Hall–Kier alpha value is -2.73. The number of nitrogens with one attached hydrogen (secondary N) is 1. The van der Waals surface area contributed by atoms with E-state index in [4.69, 9.17) is 4.74 Å². The Morgan fingerprint density at radius 2 is 1.43 bits per heavy atom. The number of benzene rings is 3. The zero-order chi connectivity index (χ0) is 21.0. The lowest BCUT2D eigenvalue weighted by atomic mass is 9.92. The van der Waals surface area contributed by atoms with Crippen LogP contribution in [0, 0.1) is 0 Å². The van der Waals surface area contributed by atoms with E-state index < -0.39 is 10.0 Å². The Bertz CT molecular complexity index is 1130. The van der Waals surface area contributed by atoms with Crippen LogP contribution in [0.3, 0.4) is 0 Å². The van der Waals surface area contributed by atoms with Crippen molar-refractivity contribution in [2.24, 2.45) is 0 Å². The fraction of sp³-hybridized carbons (Fsp3) is 0.200. The van der Waals surface area contributed by atoms with Crippen LogP contribution in [0.4, 0.5) is 0 Å². The first-order valence-electron chi connectivity index (χ1n) is 10.1. The zero-order valence-electron chi connectivity index (χ0n) is 17.0. The smallest absolute Gasteiger partial charge is 0.241 e. The molecule has 1 aliphatic carbocycles. The third kappa shape index (κ3) is 4.24. The van der Waals surface area contributed by atoms with Crippen LogP contribution in [-0.4, -0.2) is 28.7 Å². The number of ether oxygens (including phenoxy) is 1. The largest absolute Gasteiger partial charge is 0.383 e. The van der Waals surface area contributed by atoms with Gasteiger partial charge in [-0.25, -0.2) is 13.1 Å². The van der Waals surface area contributed by atoms with Crippen molar-refractivity contribution >= 4 is 21.7 Å². The molecule has 4 nitrogen and oxygen atoms in total. The van der Waals surface area contributed by atoms with Crippen molar-refractivity contribution in [3.05, 3.63) is 101 Å². The molecule has 5 heteroatoms. The monoisotopic (exact) mass is 419 g/mol. The van der Waals surface area contributed by atoms with Gasteiger partial charge in [-0.3, -0.25) is 0 Å². The third-order valence-corrected chi connectivity index (χ3v) is 6.92. The Morgan fingerprint density at radius 1 is 0.867 bits per heavy atom. The standard InChI is InChI=1S/C25H25NO3S/c1-29-17-16-26-30(27,28)25-13-7-4-10-21(25)18-24-22-11-5-2-8-19(22)14-15-20-9-3-6-12-23(20)24/h2-13,18,26H,14-17H2,1H3. The highest BCUT2D eigenvalue weighted by Gasteiger charge is 2.20. The van der Waals surface area contributed by atoms with Crippen molar-refractivity contribution in [1.29, 1.82) is 0 Å². The highest BCUT2D eigenvalue weighted by atomic mass is 32.2. The molecule has 3 aromatic rings. The fourth-order valence-electron chi connectivity index (χ4n) is 3.93. The minimum Gasteiger partial charge on any atom is -0.383 e. The quantitative estimate of drug-likeness (QED) is 0.606. The van der Waals surface area contributed by atoms with Crippen molar-refractivity contribution in [1.82, 2.24) is 4.72 Å². The first-order valence-corrected chi connectivity index (χ1v) is 11.5. The molecule has 0 saturated carbocycles. The summed E-state index contributed by atoms with van der Waals surface area (Å²) in [4.78, 5) is 0.271. The van der Waals surface area contributed by atoms with Gasteiger partial charge in [0.25, 0.3) is 0 Å². The van der Waals surface area contributed by atoms with E-state index in [0.29, 0.717) is 12.2 Å². The summed E-state index contributed by atoms with van der Waals surface area (Å²) >= 11 is 0. The van der Waals surface area contributed by atoms with Gasteiger partial charge in [0.1, 0.15) is 0 Å². The van der Waals surface area contributed by atoms with Gasteiger partial charge in [0, 0.05) is 13.7 Å². The van der Waals surface area contributed by atoms with E-state index in [0.717, 1.165) is 29.5 Å². The molecular formula is C25H25NO3S. The number of hydrogen-bond donors (Lipinski definition) is 1. The van der Waals surface area contributed by atoms with Crippen LogP contribution in [-0.2, 0) is 27.6 Å². The zero-order valence-corrected chi connectivity index (χ0v) is 17.8. The van der Waals surface area contributed by atoms with E-state index in [-0.39, 0.29) is 11.4 Å². The van der Waals surface area contributed by atoms with Gasteiger partial charge in [-0.2, -0.15) is 0 Å². The summed E-state index contributed by atoms with van der Waals surface area (Å²) in [6, 6.07) is 23.9. The van der Waals surface area contributed by atoms with Crippen LogP contribution in [0.15, 0.2) is 77.7 Å². The van der Waals surface area contributed by atoms with Gasteiger partial charge in [0.2, 0.25) is 10.0 Å². The van der Waals surface area contributed by atoms with Crippen molar-refractivity contribution < 1.29 is 13.2 Å². The van der Waals surface area contributed by atoms with Gasteiger partial charge < -0.3 is 4.74 Å². The number of hydrogen-bond acceptors (Lipinski definition) is 3. The Kier molecular flexibility index (Phi) is 6.13. The summed E-state index contributed by atoms with van der Waals surface area (Å²) in [5.41, 5.74) is 6.59. The van der Waals surface area contributed by atoms with Crippen LogP contribution in [0.25, 0.3) is 11.6 Å². The highest BCUT2D eigenvalue weighted by Crippen LogP contribution is 2.35. The molecule has 1 aliphatic rings. The Morgan fingerprint density at radius 3 is 2.07 bits per heavy atom. The molecule has 0 bridgehead atoms. The number of sulfonamides is 1. The number of fused-ring (bicyclic) bond motifs is 2. The second kappa shape index (κ2) is 8.96. The van der Waals surface area contributed by atoms with Crippen molar-refractivity contribution in [2.45, 2.75) is 17.7 Å². The average Bonchev–Trinajstić information content (AvgIpc) is 2.92. The first kappa shape index (κ1) is 20.5. The Labute approximate surface area is 178 Å². The first-order chi connectivity index (χ1) is 14.6. The number of rotatable bonds is 6. The van der Waals surface area contributed by atoms with Crippen molar-refractivity contribution in [2.75, 3.05) is 20.3 Å². The van der Waals surface area contributed by atoms with Gasteiger partial charge in [0.15, 0.2) is 0 Å². The molecule has 154 valence electrons. The molecule has 0 atom stereocenters. The van der Waals surface area contributed by atoms with Gasteiger partial charge in [-0.15, -0.1) is 0 Å². The molecule has 0 unspecified atom stereocenters. The molecule has 4 rings (SSSR count). The maximum atomic E-state index is 12.9. The van der Waals surface area contributed by atoms with E-state index >= 15 is 0 Å². The predicted octanol–water partition coefficient (Wildman–Crippen LogP) is 4.30. The lowest BCUT2D eigenvalue weighted by Gasteiger charge is -2.14. The highest BCUT2D eigenvalue weighted by molar-refractivity contribution is 7.89. The molecular weight excluding hydrogens is 394 g/mol. The van der Waals surface area contributed by atoms with E-state index in [9.17, 15) is 8.42 Å². The molecule has 0 aromatic heterocycles. The average molecular weight is 420 g/mol. The lowest BCUT2D eigenvalue weighted by Crippen LogP contribution is -2.27. The number of methoxy groups -OCH3 is 1. The van der Waals surface area contributed by atoms with Crippen LogP contribution >= 0.6 is 0 Å². The van der Waals surface area contributed by atoms with Gasteiger partial charge in [0.05, 0.1) is 11.5 Å². The summed E-state index contributed by atoms with van der Waals surface area (Å²) in [5.74, 6) is 0. The van der Waals surface area contributed by atoms with Crippen LogP contribution in [0.1, 0.15) is 27.8 Å². The van der Waals surface area contributed by atoms with E-state index in [1.165, 1.54) is 11.1 Å². The molecule has 3 aromatic carbocycles. The SMILES string of the molecule is COCCNS(=O)(=O)c1ccccc1C=C1c2ccccc2CCc2ccccc21.